The highest BCUT2D eigenvalue weighted by atomic mass is 16.5. The molecule has 4 rings (SSSR count). The molecule has 1 N–H and O–H groups in total. The molecule has 140 valence electrons. The molecule has 0 saturated heterocycles. The summed E-state index contributed by atoms with van der Waals surface area (Å²) in [5.41, 5.74) is 3.90. The Labute approximate surface area is 161 Å². The van der Waals surface area contributed by atoms with Crippen LogP contribution in [0, 0.1) is 0 Å². The Kier molecular flexibility index (Phi) is 4.63. The van der Waals surface area contributed by atoms with Crippen LogP contribution < -0.4 is 10.1 Å². The third kappa shape index (κ3) is 3.37. The lowest BCUT2D eigenvalue weighted by molar-refractivity contribution is 0.0601. The van der Waals surface area contributed by atoms with Crippen molar-refractivity contribution in [2.75, 3.05) is 19.5 Å². The van der Waals surface area contributed by atoms with Gasteiger partial charge in [-0.25, -0.2) is 9.31 Å². The molecule has 4 aromatic rings. The number of fused-ring (bicyclic) bond motifs is 1. The molecule has 7 nitrogen and oxygen atoms in total. The molecule has 0 amide bonds. The van der Waals surface area contributed by atoms with Crippen molar-refractivity contribution in [2.24, 2.45) is 0 Å². The second-order valence-corrected chi connectivity index (χ2v) is 6.04. The topological polar surface area (TPSA) is 77.8 Å². The number of esters is 1. The second kappa shape index (κ2) is 7.40. The molecule has 2 aromatic heterocycles. The summed E-state index contributed by atoms with van der Waals surface area (Å²) >= 11 is 0. The van der Waals surface area contributed by atoms with Crippen LogP contribution in [0.15, 0.2) is 66.7 Å². The van der Waals surface area contributed by atoms with Crippen molar-refractivity contribution in [1.82, 2.24) is 14.6 Å². The van der Waals surface area contributed by atoms with Crippen LogP contribution in [-0.4, -0.2) is 34.8 Å². The minimum Gasteiger partial charge on any atom is -0.497 e. The van der Waals surface area contributed by atoms with Gasteiger partial charge in [0.2, 0.25) is 5.95 Å². The van der Waals surface area contributed by atoms with Crippen LogP contribution in [0.5, 0.6) is 5.75 Å². The SMILES string of the molecule is COC(=O)c1ccc(Nc2nc3cccc(-c4ccc(OC)cc4)n3n2)cc1. The van der Waals surface area contributed by atoms with Gasteiger partial charge in [0.25, 0.3) is 0 Å². The van der Waals surface area contributed by atoms with Crippen molar-refractivity contribution < 1.29 is 14.3 Å². The van der Waals surface area contributed by atoms with Crippen LogP contribution in [0.25, 0.3) is 16.9 Å². The molecule has 0 aliphatic rings. The third-order valence-electron chi connectivity index (χ3n) is 4.31. The van der Waals surface area contributed by atoms with Crippen LogP contribution in [0.4, 0.5) is 11.6 Å². The molecular formula is C21H18N4O3. The monoisotopic (exact) mass is 374 g/mol. The van der Waals surface area contributed by atoms with Gasteiger partial charge in [0.05, 0.1) is 25.5 Å². The predicted molar refractivity (Wildman–Crippen MR) is 106 cm³/mol. The molecule has 2 heterocycles. The summed E-state index contributed by atoms with van der Waals surface area (Å²) in [7, 11) is 3.00. The number of aromatic nitrogens is 3. The van der Waals surface area contributed by atoms with Gasteiger partial charge in [0, 0.05) is 11.3 Å². The number of hydrogen-bond donors (Lipinski definition) is 1. The standard InChI is InChI=1S/C21H18N4O3/c1-27-17-12-8-14(9-13-17)18-4-3-5-19-23-21(24-25(18)19)22-16-10-6-15(7-11-16)20(26)28-2/h3-13H,1-2H3,(H,22,24). The van der Waals surface area contributed by atoms with E-state index in [9.17, 15) is 4.79 Å². The van der Waals surface area contributed by atoms with E-state index in [-0.39, 0.29) is 5.97 Å². The lowest BCUT2D eigenvalue weighted by Crippen LogP contribution is -2.01. The summed E-state index contributed by atoms with van der Waals surface area (Å²) in [6.45, 7) is 0. The number of carbonyl (C=O) groups is 1. The lowest BCUT2D eigenvalue weighted by atomic mass is 10.1. The molecule has 0 spiro atoms. The van der Waals surface area contributed by atoms with E-state index >= 15 is 0 Å². The maximum atomic E-state index is 11.5. The Hall–Kier alpha value is -3.87. The van der Waals surface area contributed by atoms with E-state index in [1.165, 1.54) is 7.11 Å². The van der Waals surface area contributed by atoms with E-state index in [4.69, 9.17) is 9.47 Å². The first-order valence-corrected chi connectivity index (χ1v) is 8.63. The second-order valence-electron chi connectivity index (χ2n) is 6.04. The number of methoxy groups -OCH3 is 2. The molecule has 0 aliphatic carbocycles. The van der Waals surface area contributed by atoms with Gasteiger partial charge >= 0.3 is 5.97 Å². The third-order valence-corrected chi connectivity index (χ3v) is 4.31. The molecular weight excluding hydrogens is 356 g/mol. The fourth-order valence-corrected chi connectivity index (χ4v) is 2.88. The zero-order chi connectivity index (χ0) is 19.5. The number of carbonyl (C=O) groups excluding carboxylic acids is 1. The van der Waals surface area contributed by atoms with Crippen LogP contribution in [0.1, 0.15) is 10.4 Å². The van der Waals surface area contributed by atoms with Gasteiger partial charge in [0.15, 0.2) is 5.65 Å². The first-order valence-electron chi connectivity index (χ1n) is 8.63. The molecule has 7 heteroatoms. The summed E-state index contributed by atoms with van der Waals surface area (Å²) < 4.78 is 11.7. The molecule has 0 bridgehead atoms. The maximum absolute atomic E-state index is 11.5. The first-order chi connectivity index (χ1) is 13.7. The highest BCUT2D eigenvalue weighted by Gasteiger charge is 2.10. The molecule has 0 unspecified atom stereocenters. The molecule has 0 aliphatic heterocycles. The van der Waals surface area contributed by atoms with Gasteiger partial charge in [-0.05, 0) is 60.7 Å². The number of anilines is 2. The average molecular weight is 374 g/mol. The fourth-order valence-electron chi connectivity index (χ4n) is 2.88. The summed E-state index contributed by atoms with van der Waals surface area (Å²) in [6.07, 6.45) is 0. The highest BCUT2D eigenvalue weighted by Crippen LogP contribution is 2.24. The maximum Gasteiger partial charge on any atom is 0.337 e. The Balaban J connectivity index is 1.63. The van der Waals surface area contributed by atoms with Crippen LogP contribution >= 0.6 is 0 Å². The first kappa shape index (κ1) is 17.5. The van der Waals surface area contributed by atoms with Gasteiger partial charge < -0.3 is 14.8 Å². The Morgan fingerprint density at radius 3 is 2.39 bits per heavy atom. The molecule has 0 fully saturated rings. The minimum atomic E-state index is -0.374. The van der Waals surface area contributed by atoms with Crippen LogP contribution in [-0.2, 0) is 4.74 Å². The van der Waals surface area contributed by atoms with Crippen molar-refractivity contribution in [2.45, 2.75) is 0 Å². The Bertz CT molecular complexity index is 1120. The summed E-state index contributed by atoms with van der Waals surface area (Å²) in [4.78, 5) is 16.1. The molecule has 0 radical (unpaired) electrons. The number of pyridine rings is 1. The summed E-state index contributed by atoms with van der Waals surface area (Å²) in [5, 5.41) is 7.73. The lowest BCUT2D eigenvalue weighted by Gasteiger charge is -2.05. The highest BCUT2D eigenvalue weighted by molar-refractivity contribution is 5.89. The van der Waals surface area contributed by atoms with Crippen molar-refractivity contribution in [3.05, 3.63) is 72.3 Å². The number of nitrogens with zero attached hydrogens (tertiary/aromatic N) is 3. The molecule has 0 atom stereocenters. The van der Waals surface area contributed by atoms with Crippen molar-refractivity contribution >= 4 is 23.3 Å². The van der Waals surface area contributed by atoms with Gasteiger partial charge in [0.1, 0.15) is 5.75 Å². The fraction of sp³-hybridized carbons (Fsp3) is 0.0952. The molecule has 2 aromatic carbocycles. The summed E-state index contributed by atoms with van der Waals surface area (Å²) in [6, 6.07) is 20.5. The largest absolute Gasteiger partial charge is 0.497 e. The number of nitrogens with one attached hydrogen (secondary N) is 1. The number of hydrogen-bond acceptors (Lipinski definition) is 6. The van der Waals surface area contributed by atoms with Gasteiger partial charge in [-0.1, -0.05) is 6.07 Å². The zero-order valence-corrected chi connectivity index (χ0v) is 15.4. The number of ether oxygens (including phenoxy) is 2. The number of benzene rings is 2. The Morgan fingerprint density at radius 2 is 1.71 bits per heavy atom. The summed E-state index contributed by atoms with van der Waals surface area (Å²) in [5.74, 6) is 0.889. The van der Waals surface area contributed by atoms with E-state index in [1.54, 1.807) is 35.9 Å². The van der Waals surface area contributed by atoms with E-state index < -0.39 is 0 Å². The van der Waals surface area contributed by atoms with Crippen molar-refractivity contribution in [1.29, 1.82) is 0 Å². The number of rotatable bonds is 5. The van der Waals surface area contributed by atoms with Gasteiger partial charge in [-0.15, -0.1) is 5.10 Å². The van der Waals surface area contributed by atoms with E-state index in [0.717, 1.165) is 28.3 Å². The van der Waals surface area contributed by atoms with E-state index in [1.807, 2.05) is 42.5 Å². The van der Waals surface area contributed by atoms with Gasteiger partial charge in [-0.3, -0.25) is 0 Å². The predicted octanol–water partition coefficient (Wildman–Crippen LogP) is 3.94. The van der Waals surface area contributed by atoms with Gasteiger partial charge in [-0.2, -0.15) is 4.98 Å². The quantitative estimate of drug-likeness (QED) is 0.533. The minimum absolute atomic E-state index is 0.374. The van der Waals surface area contributed by atoms with E-state index in [2.05, 4.69) is 15.4 Å². The smallest absolute Gasteiger partial charge is 0.337 e. The van der Waals surface area contributed by atoms with Crippen LogP contribution in [0.2, 0.25) is 0 Å². The normalized spacial score (nSPS) is 10.6. The van der Waals surface area contributed by atoms with Crippen molar-refractivity contribution in [3.8, 4) is 17.0 Å². The van der Waals surface area contributed by atoms with E-state index in [0.29, 0.717) is 11.5 Å². The Morgan fingerprint density at radius 1 is 0.964 bits per heavy atom. The van der Waals surface area contributed by atoms with Crippen LogP contribution in [0.3, 0.4) is 0 Å². The van der Waals surface area contributed by atoms with Crippen molar-refractivity contribution in [3.63, 3.8) is 0 Å². The molecule has 0 saturated carbocycles. The molecule has 28 heavy (non-hydrogen) atoms. The zero-order valence-electron chi connectivity index (χ0n) is 15.4. The average Bonchev–Trinajstić information content (AvgIpc) is 3.16.